The Morgan fingerprint density at radius 2 is 2.15 bits per heavy atom. The minimum absolute atomic E-state index is 0.330. The summed E-state index contributed by atoms with van der Waals surface area (Å²) in [5, 5.41) is 39.3. The van der Waals surface area contributed by atoms with Gasteiger partial charge in [0.05, 0.1) is 6.10 Å². The second-order valence-electron chi connectivity index (χ2n) is 3.28. The maximum atomic E-state index is 9.76. The molecular weight excluding hydrogens is 174 g/mol. The van der Waals surface area contributed by atoms with Gasteiger partial charge in [-0.3, -0.25) is 0 Å². The van der Waals surface area contributed by atoms with Crippen LogP contribution < -0.4 is 5.32 Å². The molecule has 0 saturated carbocycles. The molecule has 1 aliphatic carbocycles. The van der Waals surface area contributed by atoms with Crippen LogP contribution in [0.15, 0.2) is 11.8 Å². The van der Waals surface area contributed by atoms with Crippen LogP contribution in [0.4, 0.5) is 0 Å². The van der Waals surface area contributed by atoms with E-state index in [0.29, 0.717) is 5.70 Å². The molecule has 6 N–H and O–H groups in total. The summed E-state index contributed by atoms with van der Waals surface area (Å²) in [6.45, 7) is 1.31. The average molecular weight is 189 g/mol. The van der Waals surface area contributed by atoms with Crippen LogP contribution >= 0.6 is 0 Å². The monoisotopic (exact) mass is 189 g/mol. The van der Waals surface area contributed by atoms with Crippen molar-refractivity contribution < 1.29 is 25.7 Å². The van der Waals surface area contributed by atoms with E-state index in [0.717, 1.165) is 0 Å². The molecule has 1 aliphatic rings. The first-order valence-corrected chi connectivity index (χ1v) is 4.05. The van der Waals surface area contributed by atoms with E-state index in [4.69, 9.17) is 0 Å². The maximum absolute atomic E-state index is 9.76. The second kappa shape index (κ2) is 3.36. The third-order valence-corrected chi connectivity index (χ3v) is 2.48. The molecule has 0 heterocycles. The minimum Gasteiger partial charge on any atom is -0.447 e. The van der Waals surface area contributed by atoms with Gasteiger partial charge in [0.2, 0.25) is 0 Å². The van der Waals surface area contributed by atoms with Gasteiger partial charge in [0.1, 0.15) is 11.8 Å². The number of aliphatic hydroxyl groups is 4. The number of rotatable bonds is 2. The zero-order chi connectivity index (χ0) is 10.2. The molecule has 5 heteroatoms. The van der Waals surface area contributed by atoms with Crippen molar-refractivity contribution >= 4 is 0 Å². The van der Waals surface area contributed by atoms with Gasteiger partial charge >= 0.3 is 0 Å². The van der Waals surface area contributed by atoms with Crippen molar-refractivity contribution in [1.82, 2.24) is 0 Å². The van der Waals surface area contributed by atoms with Gasteiger partial charge in [0.25, 0.3) is 0 Å². The lowest BCUT2D eigenvalue weighted by Crippen LogP contribution is -2.78. The summed E-state index contributed by atoms with van der Waals surface area (Å²) in [5.41, 5.74) is -1.58. The van der Waals surface area contributed by atoms with Gasteiger partial charge in [-0.15, -0.1) is 7.05 Å². The topological polar surface area (TPSA) is 97.5 Å². The Morgan fingerprint density at radius 3 is 2.38 bits per heavy atom. The van der Waals surface area contributed by atoms with E-state index in [-0.39, 0.29) is 0 Å². The zero-order valence-corrected chi connectivity index (χ0v) is 7.38. The van der Waals surface area contributed by atoms with Crippen LogP contribution in [0.1, 0.15) is 6.92 Å². The number of quaternary nitrogens is 1. The molecule has 0 aromatic rings. The van der Waals surface area contributed by atoms with Crippen LogP contribution in [-0.2, 0) is 0 Å². The Bertz CT molecular complexity index is 228. The predicted octanol–water partition coefficient (Wildman–Crippen LogP) is -2.93. The normalized spacial score (nSPS) is 41.8. The Morgan fingerprint density at radius 1 is 1.62 bits per heavy atom. The van der Waals surface area contributed by atoms with Crippen molar-refractivity contribution in [3.05, 3.63) is 18.8 Å². The summed E-state index contributed by atoms with van der Waals surface area (Å²) < 4.78 is 0. The summed E-state index contributed by atoms with van der Waals surface area (Å²) in [4.78, 5) is 0. The van der Waals surface area contributed by atoms with Crippen molar-refractivity contribution in [2.75, 3.05) is 0 Å². The van der Waals surface area contributed by atoms with Gasteiger partial charge in [-0.2, -0.15) is 0 Å². The summed E-state index contributed by atoms with van der Waals surface area (Å²) >= 11 is 0. The first-order chi connectivity index (χ1) is 5.94. The molecule has 0 fully saturated rings. The minimum atomic E-state index is -1.91. The summed E-state index contributed by atoms with van der Waals surface area (Å²) in [5.74, 6) is 0. The molecule has 0 aliphatic heterocycles. The van der Waals surface area contributed by atoms with E-state index in [1.165, 1.54) is 18.3 Å². The molecule has 13 heavy (non-hydrogen) atoms. The van der Waals surface area contributed by atoms with Crippen LogP contribution in [0, 0.1) is 7.05 Å². The maximum Gasteiger partial charge on any atom is 0.159 e. The van der Waals surface area contributed by atoms with Gasteiger partial charge in [-0.1, -0.05) is 0 Å². The van der Waals surface area contributed by atoms with Crippen molar-refractivity contribution in [2.24, 2.45) is 0 Å². The molecule has 4 atom stereocenters. The highest BCUT2D eigenvalue weighted by molar-refractivity contribution is 5.23. The fourth-order valence-corrected chi connectivity index (χ4v) is 1.49. The Balaban J connectivity index is 2.94. The molecule has 1 rings (SSSR count). The summed E-state index contributed by atoms with van der Waals surface area (Å²) in [6.07, 6.45) is -2.49. The number of aliphatic hydroxyl groups excluding tert-OH is 3. The Hall–Kier alpha value is -0.460. The second-order valence-corrected chi connectivity index (χ2v) is 3.28. The lowest BCUT2D eigenvalue weighted by molar-refractivity contribution is -0.552. The van der Waals surface area contributed by atoms with Crippen LogP contribution in [0.2, 0.25) is 0 Å². The Kier molecular flexibility index (Phi) is 2.74. The van der Waals surface area contributed by atoms with E-state index in [9.17, 15) is 20.4 Å². The molecule has 5 nitrogen and oxygen atoms in total. The van der Waals surface area contributed by atoms with E-state index in [1.807, 2.05) is 0 Å². The molecule has 0 radical (unpaired) electrons. The van der Waals surface area contributed by atoms with Crippen molar-refractivity contribution in [1.29, 1.82) is 0 Å². The molecular formula is C8H15NO4. The number of hydrogen-bond donors (Lipinski definition) is 5. The summed E-state index contributed by atoms with van der Waals surface area (Å²) in [6, 6.07) is 0. The van der Waals surface area contributed by atoms with E-state index in [1.54, 1.807) is 0 Å². The average Bonchev–Trinajstić information content (AvgIpc) is 2.30. The Labute approximate surface area is 76.3 Å². The number of hydrogen-bond acceptors (Lipinski definition) is 4. The number of nitrogens with two attached hydrogens (primary N) is 1. The highest BCUT2D eigenvalue weighted by Gasteiger charge is 2.53. The third kappa shape index (κ3) is 1.38. The molecule has 0 spiro atoms. The van der Waals surface area contributed by atoms with E-state index >= 15 is 0 Å². The molecule has 0 aromatic heterocycles. The van der Waals surface area contributed by atoms with E-state index < -0.39 is 23.9 Å². The van der Waals surface area contributed by atoms with Gasteiger partial charge in [0, 0.05) is 6.08 Å². The fraction of sp³-hybridized carbons (Fsp3) is 0.625. The highest BCUT2D eigenvalue weighted by atomic mass is 16.4. The first kappa shape index (κ1) is 10.6. The van der Waals surface area contributed by atoms with Crippen molar-refractivity contribution in [3.63, 3.8) is 0 Å². The van der Waals surface area contributed by atoms with Crippen LogP contribution in [-0.4, -0.2) is 44.3 Å². The lowest BCUT2D eigenvalue weighted by Gasteiger charge is -2.32. The van der Waals surface area contributed by atoms with Crippen LogP contribution in [0.25, 0.3) is 0 Å². The highest BCUT2D eigenvalue weighted by Crippen LogP contribution is 2.30. The van der Waals surface area contributed by atoms with Gasteiger partial charge < -0.3 is 25.7 Å². The smallest absolute Gasteiger partial charge is 0.159 e. The molecule has 0 aromatic carbocycles. The fourth-order valence-electron chi connectivity index (χ4n) is 1.49. The quantitative estimate of drug-likeness (QED) is 0.300. The SMILES string of the molecule is [CH2-][NH2+]C1=C[C@H](O)[C@](O)([C@@H](C)O)[C@H]1O. The summed E-state index contributed by atoms with van der Waals surface area (Å²) in [7, 11) is 3.42. The standard InChI is InChI=1S/C8H15NO4/c1-4(10)8(13)6(11)3-5(9-2)7(8)12/h3-4,6-7,10-13H,2,9H2,1H3/t4-,6+,7+,8-/m1/s1. The molecule has 0 amide bonds. The third-order valence-electron chi connectivity index (χ3n) is 2.48. The molecule has 76 valence electrons. The molecule has 0 unspecified atom stereocenters. The first-order valence-electron chi connectivity index (χ1n) is 4.05. The largest absolute Gasteiger partial charge is 0.447 e. The van der Waals surface area contributed by atoms with Crippen molar-refractivity contribution in [2.45, 2.75) is 30.8 Å². The molecule has 0 saturated heterocycles. The predicted molar refractivity (Wildman–Crippen MR) is 44.0 cm³/mol. The van der Waals surface area contributed by atoms with Gasteiger partial charge in [-0.25, -0.2) is 0 Å². The lowest BCUT2D eigenvalue weighted by atomic mass is 9.90. The van der Waals surface area contributed by atoms with E-state index in [2.05, 4.69) is 7.05 Å². The van der Waals surface area contributed by atoms with Crippen LogP contribution in [0.3, 0.4) is 0 Å². The van der Waals surface area contributed by atoms with Gasteiger partial charge in [-0.05, 0) is 6.92 Å². The zero-order valence-electron chi connectivity index (χ0n) is 7.38. The molecule has 0 bridgehead atoms. The van der Waals surface area contributed by atoms with Crippen molar-refractivity contribution in [3.8, 4) is 0 Å². The van der Waals surface area contributed by atoms with Gasteiger partial charge in [0.15, 0.2) is 11.7 Å². The van der Waals surface area contributed by atoms with Crippen LogP contribution in [0.5, 0.6) is 0 Å².